The van der Waals surface area contributed by atoms with Gasteiger partial charge in [-0.25, -0.2) is 0 Å². The van der Waals surface area contributed by atoms with E-state index in [1.807, 2.05) is 0 Å². The molecule has 0 amide bonds. The van der Waals surface area contributed by atoms with E-state index in [9.17, 15) is 0 Å². The first-order valence-corrected chi connectivity index (χ1v) is 4.09. The molecule has 0 aromatic carbocycles. The second-order valence-electron chi connectivity index (χ2n) is 1.50. The van der Waals surface area contributed by atoms with Crippen LogP contribution in [0.5, 0.6) is 6.01 Å². The first kappa shape index (κ1) is 6.79. The van der Waals surface area contributed by atoms with Crippen LogP contribution in [-0.4, -0.2) is 39.6 Å². The van der Waals surface area contributed by atoms with E-state index in [4.69, 9.17) is 4.74 Å². The van der Waals surface area contributed by atoms with E-state index >= 15 is 0 Å². The van der Waals surface area contributed by atoms with Gasteiger partial charge in [-0.1, -0.05) is 0 Å². The third-order valence-corrected chi connectivity index (χ3v) is 1.68. The predicted octanol–water partition coefficient (Wildman–Crippen LogP) is -0.989. The van der Waals surface area contributed by atoms with E-state index in [0.29, 0.717) is 6.01 Å². The second kappa shape index (κ2) is 3.00. The van der Waals surface area contributed by atoms with E-state index in [-0.39, 0.29) is 0 Å². The molecule has 3 nitrogen and oxygen atoms in total. The van der Waals surface area contributed by atoms with Crippen LogP contribution in [0.25, 0.3) is 0 Å². The normalized spacial score (nSPS) is 9.11. The maximum absolute atomic E-state index is 4.76. The molecule has 0 fully saturated rings. The van der Waals surface area contributed by atoms with Crippen molar-refractivity contribution in [1.82, 2.24) is 9.97 Å². The molecule has 4 heteroatoms. The molecule has 0 bridgehead atoms. The summed E-state index contributed by atoms with van der Waals surface area (Å²) < 4.78 is 5.93. The third kappa shape index (κ3) is 1.82. The maximum atomic E-state index is 4.76. The summed E-state index contributed by atoms with van der Waals surface area (Å²) in [4.78, 5) is 7.79. The van der Waals surface area contributed by atoms with Gasteiger partial charge in [0.25, 0.3) is 0 Å². The fourth-order valence-corrected chi connectivity index (χ4v) is 0.857. The van der Waals surface area contributed by atoms with Crippen LogP contribution in [0.4, 0.5) is 0 Å². The Bertz CT molecular complexity index is 187. The van der Waals surface area contributed by atoms with Gasteiger partial charge in [-0.2, -0.15) is 0 Å². The number of hydrogen-bond donors (Lipinski definition) is 0. The van der Waals surface area contributed by atoms with Crippen LogP contribution in [0.3, 0.4) is 0 Å². The van der Waals surface area contributed by atoms with Crippen molar-refractivity contribution in [3.63, 3.8) is 0 Å². The Balaban J connectivity index is 2.88. The van der Waals surface area contributed by atoms with E-state index in [2.05, 4.69) is 9.97 Å². The van der Waals surface area contributed by atoms with Gasteiger partial charge in [0.15, 0.2) is 0 Å². The van der Waals surface area contributed by atoms with Crippen molar-refractivity contribution in [2.45, 2.75) is 0 Å². The fourth-order valence-electron chi connectivity index (χ4n) is 0.432. The quantitative estimate of drug-likeness (QED) is 0.580. The van der Waals surface area contributed by atoms with Crippen LogP contribution >= 0.6 is 0 Å². The number of nitrogens with zero attached hydrogens (tertiary/aromatic N) is 2. The molecule has 1 heterocycles. The molecule has 0 saturated carbocycles. The Hall–Kier alpha value is -0.321. The zero-order chi connectivity index (χ0) is 6.69. The first-order valence-electron chi connectivity index (χ1n) is 2.44. The van der Waals surface area contributed by atoms with Crippen LogP contribution < -0.4 is 8.32 Å². The van der Waals surface area contributed by atoms with E-state index in [1.165, 1.54) is 3.58 Å². The van der Waals surface area contributed by atoms with Crippen molar-refractivity contribution in [1.29, 1.82) is 0 Å². The molecular formula is C5H6N2OSn. The molecule has 0 aliphatic carbocycles. The minimum atomic E-state index is 0.438. The van der Waals surface area contributed by atoms with Gasteiger partial charge in [-0.05, 0) is 0 Å². The van der Waals surface area contributed by atoms with Gasteiger partial charge >= 0.3 is 66.3 Å². The van der Waals surface area contributed by atoms with Crippen LogP contribution in [0.2, 0.25) is 0 Å². The van der Waals surface area contributed by atoms with Gasteiger partial charge in [0.1, 0.15) is 0 Å². The minimum absolute atomic E-state index is 0.438. The summed E-state index contributed by atoms with van der Waals surface area (Å²) in [5.74, 6) is 0. The van der Waals surface area contributed by atoms with Crippen molar-refractivity contribution in [2.75, 3.05) is 7.11 Å². The zero-order valence-electron chi connectivity index (χ0n) is 5.03. The summed E-state index contributed by atoms with van der Waals surface area (Å²) in [6.07, 6.45) is 3.54. The van der Waals surface area contributed by atoms with Gasteiger partial charge in [-0.3, -0.25) is 0 Å². The summed E-state index contributed by atoms with van der Waals surface area (Å²) >= 11 is 1.05. The SMILES string of the molecule is COc1nc[c]([SnH])cn1. The summed E-state index contributed by atoms with van der Waals surface area (Å²) in [5.41, 5.74) is 0. The van der Waals surface area contributed by atoms with Gasteiger partial charge < -0.3 is 0 Å². The molecule has 9 heavy (non-hydrogen) atoms. The van der Waals surface area contributed by atoms with Gasteiger partial charge in [0.05, 0.1) is 0 Å². The summed E-state index contributed by atoms with van der Waals surface area (Å²) in [6.45, 7) is 0. The molecule has 0 unspecified atom stereocenters. The molecule has 0 aliphatic rings. The molecule has 1 rings (SSSR count). The Morgan fingerprint density at radius 3 is 2.44 bits per heavy atom. The van der Waals surface area contributed by atoms with Crippen molar-refractivity contribution in [3.8, 4) is 6.01 Å². The molecular weight excluding hydrogens is 223 g/mol. The second-order valence-corrected chi connectivity index (χ2v) is 3.41. The van der Waals surface area contributed by atoms with Crippen molar-refractivity contribution in [2.24, 2.45) is 0 Å². The van der Waals surface area contributed by atoms with Crippen molar-refractivity contribution >= 4 is 26.1 Å². The number of hydrogen-bond acceptors (Lipinski definition) is 3. The van der Waals surface area contributed by atoms with Gasteiger partial charge in [0, 0.05) is 0 Å². The van der Waals surface area contributed by atoms with Crippen LogP contribution in [0, 0.1) is 0 Å². The Morgan fingerprint density at radius 2 is 2.00 bits per heavy atom. The Morgan fingerprint density at radius 1 is 1.44 bits per heavy atom. The molecule has 1 aromatic rings. The predicted molar refractivity (Wildman–Crippen MR) is 35.4 cm³/mol. The molecule has 0 spiro atoms. The number of aromatic nitrogens is 2. The number of ether oxygens (including phenoxy) is 1. The van der Waals surface area contributed by atoms with Crippen molar-refractivity contribution < 1.29 is 4.74 Å². The van der Waals surface area contributed by atoms with E-state index in [1.54, 1.807) is 19.5 Å². The molecule has 0 atom stereocenters. The molecule has 1 aromatic heterocycles. The van der Waals surface area contributed by atoms with E-state index < -0.39 is 0 Å². The average Bonchev–Trinajstić information content (AvgIpc) is 1.90. The standard InChI is InChI=1S/C5H5N2O.Sn.H/c1-8-5-6-3-2-4-7-5;;/h3-4H,1H3;;. The summed E-state index contributed by atoms with van der Waals surface area (Å²) in [6, 6.07) is 0.438. The topological polar surface area (TPSA) is 35.0 Å². The molecule has 0 aliphatic heterocycles. The van der Waals surface area contributed by atoms with Gasteiger partial charge in [-0.15, -0.1) is 0 Å². The van der Waals surface area contributed by atoms with Gasteiger partial charge in [0.2, 0.25) is 0 Å². The van der Waals surface area contributed by atoms with Crippen molar-refractivity contribution in [3.05, 3.63) is 12.4 Å². The molecule has 0 saturated heterocycles. The molecule has 0 N–H and O–H groups in total. The van der Waals surface area contributed by atoms with Crippen LogP contribution in [0.15, 0.2) is 12.4 Å². The molecule has 2 radical (unpaired) electrons. The third-order valence-electron chi connectivity index (χ3n) is 0.831. The summed E-state index contributed by atoms with van der Waals surface area (Å²) in [5, 5.41) is 0. The Labute approximate surface area is 66.6 Å². The van der Waals surface area contributed by atoms with Crippen LogP contribution in [-0.2, 0) is 0 Å². The Kier molecular flexibility index (Phi) is 2.27. The number of methoxy groups -OCH3 is 1. The van der Waals surface area contributed by atoms with E-state index in [0.717, 1.165) is 22.5 Å². The fraction of sp³-hybridized carbons (Fsp3) is 0.200. The monoisotopic (exact) mass is 230 g/mol. The van der Waals surface area contributed by atoms with Crippen LogP contribution in [0.1, 0.15) is 0 Å². The zero-order valence-corrected chi connectivity index (χ0v) is 8.33. The first-order chi connectivity index (χ1) is 4.33. The average molecular weight is 229 g/mol. The number of rotatable bonds is 1. The summed E-state index contributed by atoms with van der Waals surface area (Å²) in [7, 11) is 1.56. The molecule has 46 valence electrons.